The molecule has 1 heterocycles. The number of hydrogen-bond acceptors (Lipinski definition) is 9. The third-order valence-electron chi connectivity index (χ3n) is 4.78. The summed E-state index contributed by atoms with van der Waals surface area (Å²) >= 11 is 0. The van der Waals surface area contributed by atoms with Crippen molar-refractivity contribution < 1.29 is 43.2 Å². The Morgan fingerprint density at radius 2 is 1.58 bits per heavy atom. The molecule has 2 aliphatic rings. The standard InChI is InChI=1S/C23H37NO9/c1-18(2)17-32-21(25)7-8-28-9-10-29-11-12-30-13-14-31-15-16-33-24-22(26)19-5-3-4-6-20(19)23(24)27/h3,5,18,23,27H,4,6-17H2,1-2H3. The molecule has 0 saturated heterocycles. The van der Waals surface area contributed by atoms with E-state index in [1.165, 1.54) is 0 Å². The second-order valence-electron chi connectivity index (χ2n) is 7.99. The lowest BCUT2D eigenvalue weighted by Crippen LogP contribution is -2.36. The van der Waals surface area contributed by atoms with Crippen molar-refractivity contribution in [3.05, 3.63) is 23.3 Å². The quantitative estimate of drug-likeness (QED) is 0.234. The smallest absolute Gasteiger partial charge is 0.308 e. The molecule has 0 aromatic carbocycles. The Morgan fingerprint density at radius 3 is 2.15 bits per heavy atom. The molecular formula is C23H37NO9. The van der Waals surface area contributed by atoms with Crippen molar-refractivity contribution in [1.29, 1.82) is 0 Å². The van der Waals surface area contributed by atoms with Gasteiger partial charge in [0, 0.05) is 5.57 Å². The number of allylic oxidation sites excluding steroid dienone is 1. The van der Waals surface area contributed by atoms with Gasteiger partial charge in [-0.2, -0.15) is 5.06 Å². The average Bonchev–Trinajstić information content (AvgIpc) is 3.05. The van der Waals surface area contributed by atoms with Gasteiger partial charge in [-0.15, -0.1) is 0 Å². The zero-order valence-corrected chi connectivity index (χ0v) is 19.7. The normalized spacial score (nSPS) is 17.9. The summed E-state index contributed by atoms with van der Waals surface area (Å²) in [5, 5.41) is 11.2. The minimum atomic E-state index is -1.02. The molecule has 1 atom stereocenters. The van der Waals surface area contributed by atoms with Crippen LogP contribution in [0.4, 0.5) is 0 Å². The van der Waals surface area contributed by atoms with Crippen LogP contribution >= 0.6 is 0 Å². The van der Waals surface area contributed by atoms with E-state index in [4.69, 9.17) is 28.5 Å². The van der Waals surface area contributed by atoms with Crippen LogP contribution in [-0.2, 0) is 38.1 Å². The molecule has 1 unspecified atom stereocenters. The number of aliphatic hydroxyl groups is 1. The highest BCUT2D eigenvalue weighted by molar-refractivity contribution is 5.99. The van der Waals surface area contributed by atoms with Gasteiger partial charge in [0.15, 0.2) is 6.23 Å². The van der Waals surface area contributed by atoms with Gasteiger partial charge in [0.2, 0.25) is 0 Å². The molecule has 1 amide bonds. The van der Waals surface area contributed by atoms with Crippen molar-refractivity contribution in [2.45, 2.75) is 39.3 Å². The lowest BCUT2D eigenvalue weighted by Gasteiger charge is -2.21. The summed E-state index contributed by atoms with van der Waals surface area (Å²) in [6.07, 6.45) is 4.37. The van der Waals surface area contributed by atoms with E-state index in [1.807, 2.05) is 19.9 Å². The summed E-state index contributed by atoms with van der Waals surface area (Å²) in [4.78, 5) is 29.0. The van der Waals surface area contributed by atoms with E-state index in [2.05, 4.69) is 0 Å². The zero-order valence-electron chi connectivity index (χ0n) is 19.7. The monoisotopic (exact) mass is 471 g/mol. The van der Waals surface area contributed by atoms with E-state index in [9.17, 15) is 14.7 Å². The van der Waals surface area contributed by atoms with Crippen LogP contribution in [0.2, 0.25) is 0 Å². The third-order valence-corrected chi connectivity index (χ3v) is 4.78. The van der Waals surface area contributed by atoms with Crippen molar-refractivity contribution in [3.8, 4) is 0 Å². The maximum atomic E-state index is 12.2. The molecule has 10 nitrogen and oxygen atoms in total. The second-order valence-corrected chi connectivity index (χ2v) is 7.99. The highest BCUT2D eigenvalue weighted by atomic mass is 16.7. The molecule has 0 aromatic rings. The molecule has 10 heteroatoms. The summed E-state index contributed by atoms with van der Waals surface area (Å²) in [7, 11) is 0. The molecule has 0 fully saturated rings. The number of hydrogen-bond donors (Lipinski definition) is 1. The predicted molar refractivity (Wildman–Crippen MR) is 118 cm³/mol. The summed E-state index contributed by atoms with van der Waals surface area (Å²) < 4.78 is 26.6. The molecular weight excluding hydrogens is 434 g/mol. The molecule has 0 spiro atoms. The van der Waals surface area contributed by atoms with Crippen molar-refractivity contribution >= 4 is 11.9 Å². The topological polar surface area (TPSA) is 113 Å². The fourth-order valence-electron chi connectivity index (χ4n) is 3.10. The highest BCUT2D eigenvalue weighted by Crippen LogP contribution is 2.31. The first kappa shape index (κ1) is 27.4. The number of amides is 1. The maximum absolute atomic E-state index is 12.2. The van der Waals surface area contributed by atoms with Gasteiger partial charge < -0.3 is 28.8 Å². The largest absolute Gasteiger partial charge is 0.465 e. The van der Waals surface area contributed by atoms with Gasteiger partial charge in [0.25, 0.3) is 5.91 Å². The number of esters is 1. The zero-order chi connectivity index (χ0) is 23.9. The molecule has 0 saturated carbocycles. The van der Waals surface area contributed by atoms with Crippen LogP contribution in [0.1, 0.15) is 33.1 Å². The van der Waals surface area contributed by atoms with Crippen molar-refractivity contribution in [1.82, 2.24) is 5.06 Å². The molecule has 0 bridgehead atoms. The summed E-state index contributed by atoms with van der Waals surface area (Å²) in [5.74, 6) is -0.234. The first-order valence-corrected chi connectivity index (χ1v) is 11.5. The number of hydroxylamine groups is 2. The summed E-state index contributed by atoms with van der Waals surface area (Å²) in [6.45, 7) is 7.65. The van der Waals surface area contributed by atoms with Crippen molar-refractivity contribution in [3.63, 3.8) is 0 Å². The van der Waals surface area contributed by atoms with Gasteiger partial charge in [0.1, 0.15) is 0 Å². The molecule has 1 N–H and O–H groups in total. The predicted octanol–water partition coefficient (Wildman–Crippen LogP) is 1.38. The summed E-state index contributed by atoms with van der Waals surface area (Å²) in [6, 6.07) is 0. The van der Waals surface area contributed by atoms with E-state index in [0.29, 0.717) is 76.3 Å². The molecule has 1 aliphatic heterocycles. The fraction of sp³-hybridized carbons (Fsp3) is 0.739. The minimum Gasteiger partial charge on any atom is -0.465 e. The molecule has 0 aromatic heterocycles. The Balaban J connectivity index is 1.33. The Labute approximate surface area is 195 Å². The fourth-order valence-corrected chi connectivity index (χ4v) is 3.10. The van der Waals surface area contributed by atoms with Gasteiger partial charge in [0.05, 0.1) is 72.5 Å². The number of rotatable bonds is 18. The lowest BCUT2D eigenvalue weighted by atomic mass is 9.99. The second kappa shape index (κ2) is 15.9. The number of nitrogens with zero attached hydrogens (tertiary/aromatic N) is 1. The first-order valence-electron chi connectivity index (χ1n) is 11.5. The maximum Gasteiger partial charge on any atom is 0.308 e. The van der Waals surface area contributed by atoms with Crippen LogP contribution < -0.4 is 0 Å². The average molecular weight is 472 g/mol. The Morgan fingerprint density at radius 1 is 1.00 bits per heavy atom. The highest BCUT2D eigenvalue weighted by Gasteiger charge is 2.38. The van der Waals surface area contributed by atoms with Crippen LogP contribution in [-0.4, -0.2) is 94.3 Å². The molecule has 33 heavy (non-hydrogen) atoms. The molecule has 188 valence electrons. The van der Waals surface area contributed by atoms with Gasteiger partial charge in [-0.05, 0) is 24.3 Å². The lowest BCUT2D eigenvalue weighted by molar-refractivity contribution is -0.220. The number of carbonyl (C=O) groups is 2. The molecule has 0 radical (unpaired) electrons. The van der Waals surface area contributed by atoms with E-state index in [1.54, 1.807) is 6.08 Å². The number of aliphatic hydroxyl groups excluding tert-OH is 1. The Hall–Kier alpha value is -1.82. The number of ether oxygens (including phenoxy) is 5. The van der Waals surface area contributed by atoms with Crippen LogP contribution in [0, 0.1) is 5.92 Å². The molecule has 1 aliphatic carbocycles. The minimum absolute atomic E-state index is 0.158. The van der Waals surface area contributed by atoms with E-state index in [-0.39, 0.29) is 31.5 Å². The van der Waals surface area contributed by atoms with E-state index in [0.717, 1.165) is 11.5 Å². The van der Waals surface area contributed by atoms with Crippen LogP contribution in [0.15, 0.2) is 23.3 Å². The van der Waals surface area contributed by atoms with Gasteiger partial charge >= 0.3 is 5.97 Å². The van der Waals surface area contributed by atoms with Crippen LogP contribution in [0.25, 0.3) is 0 Å². The molecule has 2 rings (SSSR count). The van der Waals surface area contributed by atoms with Gasteiger partial charge in [-0.1, -0.05) is 26.0 Å². The van der Waals surface area contributed by atoms with Crippen LogP contribution in [0.3, 0.4) is 0 Å². The van der Waals surface area contributed by atoms with Crippen molar-refractivity contribution in [2.75, 3.05) is 66.1 Å². The Bertz CT molecular complexity index is 662. The number of carbonyl (C=O) groups excluding carboxylic acids is 2. The van der Waals surface area contributed by atoms with Crippen LogP contribution in [0.5, 0.6) is 0 Å². The van der Waals surface area contributed by atoms with E-state index < -0.39 is 6.23 Å². The van der Waals surface area contributed by atoms with E-state index >= 15 is 0 Å². The van der Waals surface area contributed by atoms with Gasteiger partial charge in [-0.3, -0.25) is 14.4 Å². The Kier molecular flexibility index (Phi) is 13.2. The summed E-state index contributed by atoms with van der Waals surface area (Å²) in [5.41, 5.74) is 1.24. The van der Waals surface area contributed by atoms with Gasteiger partial charge in [-0.25, -0.2) is 0 Å². The SMILES string of the molecule is CC(C)COC(=O)CCOCCOCCOCCOCCON1C(=O)C2=C(CCC=C2)C1O. The van der Waals surface area contributed by atoms with Crippen molar-refractivity contribution in [2.24, 2.45) is 5.92 Å². The first-order chi connectivity index (χ1) is 16.0. The third kappa shape index (κ3) is 10.3.